The minimum atomic E-state index is -4.38. The van der Waals surface area contributed by atoms with Crippen LogP contribution in [0.25, 0.3) is 11.4 Å². The molecule has 34 heavy (non-hydrogen) atoms. The Bertz CT molecular complexity index is 1100. The quantitative estimate of drug-likeness (QED) is 0.440. The number of ether oxygens (including phenoxy) is 1. The molecule has 9 heteroatoms. The largest absolute Gasteiger partial charge is 0.465 e. The van der Waals surface area contributed by atoms with Gasteiger partial charge in [-0.25, -0.2) is 19.7 Å². The number of carbonyl (C=O) groups is 1. The Labute approximate surface area is 195 Å². The van der Waals surface area contributed by atoms with Crippen LogP contribution in [0.1, 0.15) is 59.6 Å². The molecule has 2 aromatic heterocycles. The van der Waals surface area contributed by atoms with Crippen molar-refractivity contribution in [3.63, 3.8) is 0 Å². The van der Waals surface area contributed by atoms with Crippen molar-refractivity contribution in [3.8, 4) is 11.4 Å². The maximum Gasteiger partial charge on any atom is 0.416 e. The standard InChI is InChI=1S/C25H25F3N4O2/c1-34-24(33)18-9-12-21(29-13-18)32-22(16-5-3-2-4-6-16)19-14-30-23(31-15-19)17-7-10-20(11-8-17)25(26,27)28/h7-16,22H,2-6H2,1H3,(H,29,32). The number of benzene rings is 1. The van der Waals surface area contributed by atoms with Crippen LogP contribution in [-0.2, 0) is 10.9 Å². The van der Waals surface area contributed by atoms with Crippen LogP contribution < -0.4 is 5.32 Å². The number of aromatic nitrogens is 3. The Hall–Kier alpha value is -3.49. The van der Waals surface area contributed by atoms with Gasteiger partial charge in [0, 0.05) is 29.7 Å². The molecule has 1 fully saturated rings. The number of pyridine rings is 1. The highest BCUT2D eigenvalue weighted by Crippen LogP contribution is 2.36. The fourth-order valence-electron chi connectivity index (χ4n) is 4.27. The lowest BCUT2D eigenvalue weighted by Gasteiger charge is -2.31. The summed E-state index contributed by atoms with van der Waals surface area (Å²) in [6.45, 7) is 0. The van der Waals surface area contributed by atoms with Crippen molar-refractivity contribution in [1.29, 1.82) is 0 Å². The summed E-state index contributed by atoms with van der Waals surface area (Å²) in [7, 11) is 1.32. The number of esters is 1. The number of hydrogen-bond donors (Lipinski definition) is 1. The molecule has 178 valence electrons. The topological polar surface area (TPSA) is 77.0 Å². The van der Waals surface area contributed by atoms with Gasteiger partial charge in [0.05, 0.1) is 24.3 Å². The molecule has 1 aromatic carbocycles. The summed E-state index contributed by atoms with van der Waals surface area (Å²) in [4.78, 5) is 24.9. The van der Waals surface area contributed by atoms with Crippen LogP contribution in [0.4, 0.5) is 19.0 Å². The van der Waals surface area contributed by atoms with Gasteiger partial charge in [-0.3, -0.25) is 0 Å². The lowest BCUT2D eigenvalue weighted by Crippen LogP contribution is -2.24. The van der Waals surface area contributed by atoms with Crippen molar-refractivity contribution in [3.05, 3.63) is 71.7 Å². The van der Waals surface area contributed by atoms with E-state index in [9.17, 15) is 18.0 Å². The van der Waals surface area contributed by atoms with Gasteiger partial charge in [-0.2, -0.15) is 13.2 Å². The van der Waals surface area contributed by atoms with Crippen molar-refractivity contribution >= 4 is 11.8 Å². The van der Waals surface area contributed by atoms with Gasteiger partial charge in [0.15, 0.2) is 5.82 Å². The fourth-order valence-corrected chi connectivity index (χ4v) is 4.27. The van der Waals surface area contributed by atoms with Gasteiger partial charge in [-0.05, 0) is 43.0 Å². The molecule has 1 aliphatic carbocycles. The molecule has 0 spiro atoms. The maximum absolute atomic E-state index is 12.8. The molecule has 0 radical (unpaired) electrons. The van der Waals surface area contributed by atoms with Gasteiger partial charge >= 0.3 is 12.1 Å². The molecule has 1 unspecified atom stereocenters. The van der Waals surface area contributed by atoms with Crippen LogP contribution in [0, 0.1) is 5.92 Å². The van der Waals surface area contributed by atoms with E-state index in [2.05, 4.69) is 20.3 Å². The molecular formula is C25H25F3N4O2. The van der Waals surface area contributed by atoms with Gasteiger partial charge in [-0.15, -0.1) is 0 Å². The number of halogens is 3. The number of anilines is 1. The molecule has 6 nitrogen and oxygen atoms in total. The van der Waals surface area contributed by atoms with Crippen molar-refractivity contribution in [2.75, 3.05) is 12.4 Å². The molecule has 0 amide bonds. The number of hydrogen-bond acceptors (Lipinski definition) is 6. The van der Waals surface area contributed by atoms with E-state index in [1.807, 2.05) is 0 Å². The monoisotopic (exact) mass is 470 g/mol. The van der Waals surface area contributed by atoms with Crippen molar-refractivity contribution < 1.29 is 22.7 Å². The Morgan fingerprint density at radius 2 is 1.65 bits per heavy atom. The first-order valence-corrected chi connectivity index (χ1v) is 11.2. The van der Waals surface area contributed by atoms with Gasteiger partial charge < -0.3 is 10.1 Å². The normalized spacial score (nSPS) is 15.5. The second-order valence-corrected chi connectivity index (χ2v) is 8.36. The van der Waals surface area contributed by atoms with Gasteiger partial charge in [-0.1, -0.05) is 31.4 Å². The van der Waals surface area contributed by atoms with Crippen LogP contribution in [0.15, 0.2) is 55.0 Å². The molecule has 4 rings (SSSR count). The van der Waals surface area contributed by atoms with Gasteiger partial charge in [0.25, 0.3) is 0 Å². The molecule has 0 aliphatic heterocycles. The summed E-state index contributed by atoms with van der Waals surface area (Å²) >= 11 is 0. The Morgan fingerprint density at radius 1 is 0.971 bits per heavy atom. The second kappa shape index (κ2) is 10.2. The molecule has 1 N–H and O–H groups in total. The zero-order valence-corrected chi connectivity index (χ0v) is 18.7. The second-order valence-electron chi connectivity index (χ2n) is 8.36. The van der Waals surface area contributed by atoms with Crippen LogP contribution in [-0.4, -0.2) is 28.0 Å². The highest BCUT2D eigenvalue weighted by atomic mass is 19.4. The zero-order chi connectivity index (χ0) is 24.1. The Balaban J connectivity index is 1.56. The summed E-state index contributed by atoms with van der Waals surface area (Å²) in [5, 5.41) is 3.46. The number of carbonyl (C=O) groups excluding carboxylic acids is 1. The van der Waals surface area contributed by atoms with Crippen molar-refractivity contribution in [2.24, 2.45) is 5.92 Å². The maximum atomic E-state index is 12.8. The third kappa shape index (κ3) is 5.52. The summed E-state index contributed by atoms with van der Waals surface area (Å²) in [5.74, 6) is 0.891. The summed E-state index contributed by atoms with van der Waals surface area (Å²) < 4.78 is 43.2. The average Bonchev–Trinajstić information content (AvgIpc) is 2.87. The first-order valence-electron chi connectivity index (χ1n) is 11.2. The molecule has 0 saturated heterocycles. The molecule has 3 aromatic rings. The number of nitrogens with one attached hydrogen (secondary N) is 1. The van der Waals surface area contributed by atoms with E-state index in [1.54, 1.807) is 24.5 Å². The van der Waals surface area contributed by atoms with E-state index >= 15 is 0 Å². The number of alkyl halides is 3. The number of methoxy groups -OCH3 is 1. The predicted molar refractivity (Wildman–Crippen MR) is 121 cm³/mol. The minimum Gasteiger partial charge on any atom is -0.465 e. The van der Waals surface area contributed by atoms with Crippen molar-refractivity contribution in [1.82, 2.24) is 15.0 Å². The van der Waals surface area contributed by atoms with E-state index in [4.69, 9.17) is 4.74 Å². The molecule has 2 heterocycles. The summed E-state index contributed by atoms with van der Waals surface area (Å²) in [5.41, 5.74) is 1.05. The van der Waals surface area contributed by atoms with E-state index in [-0.39, 0.29) is 6.04 Å². The molecule has 1 aliphatic rings. The molecular weight excluding hydrogens is 445 g/mol. The van der Waals surface area contributed by atoms with Gasteiger partial charge in [0.1, 0.15) is 5.82 Å². The highest BCUT2D eigenvalue weighted by molar-refractivity contribution is 5.89. The van der Waals surface area contributed by atoms with Gasteiger partial charge in [0.2, 0.25) is 0 Å². The van der Waals surface area contributed by atoms with Crippen molar-refractivity contribution in [2.45, 2.75) is 44.3 Å². The molecule has 0 bridgehead atoms. The van der Waals surface area contributed by atoms with Crippen LogP contribution in [0.2, 0.25) is 0 Å². The SMILES string of the molecule is COC(=O)c1ccc(NC(c2cnc(-c3ccc(C(F)(F)F)cc3)nc2)C2CCCCC2)nc1. The zero-order valence-electron chi connectivity index (χ0n) is 18.7. The first-order chi connectivity index (χ1) is 16.3. The predicted octanol–water partition coefficient (Wildman–Crippen LogP) is 6.08. The lowest BCUT2D eigenvalue weighted by atomic mass is 9.81. The Kier molecular flexibility index (Phi) is 7.09. The van der Waals surface area contributed by atoms with Crippen LogP contribution in [0.5, 0.6) is 0 Å². The molecule has 1 saturated carbocycles. The highest BCUT2D eigenvalue weighted by Gasteiger charge is 2.30. The minimum absolute atomic E-state index is 0.0848. The average molecular weight is 470 g/mol. The van der Waals surface area contributed by atoms with E-state index in [0.29, 0.717) is 28.7 Å². The van der Waals surface area contributed by atoms with E-state index < -0.39 is 17.7 Å². The summed E-state index contributed by atoms with van der Waals surface area (Å²) in [6.07, 6.45) is 6.12. The van der Waals surface area contributed by atoms with Crippen LogP contribution in [0.3, 0.4) is 0 Å². The third-order valence-corrected chi connectivity index (χ3v) is 6.11. The number of nitrogens with zero attached hydrogens (tertiary/aromatic N) is 3. The van der Waals surface area contributed by atoms with Crippen LogP contribution >= 0.6 is 0 Å². The fraction of sp³-hybridized carbons (Fsp3) is 0.360. The van der Waals surface area contributed by atoms with E-state index in [1.165, 1.54) is 31.9 Å². The number of rotatable bonds is 6. The Morgan fingerprint density at radius 3 is 2.21 bits per heavy atom. The first kappa shape index (κ1) is 23.7. The third-order valence-electron chi connectivity index (χ3n) is 6.11. The van der Waals surface area contributed by atoms with E-state index in [0.717, 1.165) is 43.4 Å². The smallest absolute Gasteiger partial charge is 0.416 e. The summed E-state index contributed by atoms with van der Waals surface area (Å²) in [6, 6.07) is 8.12. The molecule has 1 atom stereocenters. The lowest BCUT2D eigenvalue weighted by molar-refractivity contribution is -0.137.